The predicted octanol–water partition coefficient (Wildman–Crippen LogP) is 2.89. The van der Waals surface area contributed by atoms with E-state index in [9.17, 15) is 0 Å². The molecule has 3 nitrogen and oxygen atoms in total. The maximum Gasteiger partial charge on any atom is 0.191 e. The zero-order valence-corrected chi connectivity index (χ0v) is 11.6. The van der Waals surface area contributed by atoms with Gasteiger partial charge in [-0.2, -0.15) is 0 Å². The van der Waals surface area contributed by atoms with Crippen LogP contribution in [0.1, 0.15) is 26.3 Å². The molecule has 0 aliphatic rings. The molecule has 0 atom stereocenters. The molecule has 17 heavy (non-hydrogen) atoms. The highest BCUT2D eigenvalue weighted by Gasteiger charge is 2.11. The Morgan fingerprint density at radius 2 is 2.06 bits per heavy atom. The van der Waals surface area contributed by atoms with Crippen molar-refractivity contribution in [2.24, 2.45) is 10.7 Å². The van der Waals surface area contributed by atoms with Crippen LogP contribution in [0.4, 0.5) is 0 Å². The van der Waals surface area contributed by atoms with Crippen molar-refractivity contribution < 1.29 is 0 Å². The molecular formula is C13H20ClN3. The largest absolute Gasteiger partial charge is 0.370 e. The lowest BCUT2D eigenvalue weighted by Crippen LogP contribution is -2.35. The van der Waals surface area contributed by atoms with Gasteiger partial charge in [0.1, 0.15) is 0 Å². The van der Waals surface area contributed by atoms with Gasteiger partial charge >= 0.3 is 0 Å². The van der Waals surface area contributed by atoms with Gasteiger partial charge in [0.25, 0.3) is 0 Å². The quantitative estimate of drug-likeness (QED) is 0.651. The van der Waals surface area contributed by atoms with Crippen LogP contribution in [0.15, 0.2) is 29.3 Å². The summed E-state index contributed by atoms with van der Waals surface area (Å²) in [6.07, 6.45) is 0. The first kappa shape index (κ1) is 13.8. The standard InChI is InChI=1S/C13H20ClN3/c1-13(2,3)16-12(15)17(4)9-10-6-5-7-11(14)8-10/h5-8H,9H2,1-4H3,(H2,15,16). The van der Waals surface area contributed by atoms with Crippen molar-refractivity contribution >= 4 is 17.6 Å². The van der Waals surface area contributed by atoms with Crippen LogP contribution in [0.25, 0.3) is 0 Å². The molecule has 0 spiro atoms. The van der Waals surface area contributed by atoms with E-state index < -0.39 is 0 Å². The van der Waals surface area contributed by atoms with Crippen LogP contribution in [-0.4, -0.2) is 23.4 Å². The Labute approximate surface area is 108 Å². The summed E-state index contributed by atoms with van der Waals surface area (Å²) in [6.45, 7) is 6.76. The number of halogens is 1. The van der Waals surface area contributed by atoms with E-state index in [0.717, 1.165) is 10.6 Å². The minimum Gasteiger partial charge on any atom is -0.370 e. The Kier molecular flexibility index (Phi) is 4.40. The summed E-state index contributed by atoms with van der Waals surface area (Å²) >= 11 is 5.93. The van der Waals surface area contributed by atoms with E-state index in [0.29, 0.717) is 12.5 Å². The van der Waals surface area contributed by atoms with Crippen molar-refractivity contribution in [3.8, 4) is 0 Å². The smallest absolute Gasteiger partial charge is 0.191 e. The number of aliphatic imine (C=N–C) groups is 1. The molecule has 0 radical (unpaired) electrons. The summed E-state index contributed by atoms with van der Waals surface area (Å²) in [4.78, 5) is 6.33. The summed E-state index contributed by atoms with van der Waals surface area (Å²) in [7, 11) is 1.92. The fourth-order valence-corrected chi connectivity index (χ4v) is 1.63. The molecule has 0 saturated carbocycles. The third-order valence-electron chi connectivity index (χ3n) is 2.15. The zero-order valence-electron chi connectivity index (χ0n) is 10.9. The Morgan fingerprint density at radius 3 is 2.59 bits per heavy atom. The average molecular weight is 254 g/mol. The highest BCUT2D eigenvalue weighted by atomic mass is 35.5. The molecule has 0 fully saturated rings. The Balaban J connectivity index is 2.73. The van der Waals surface area contributed by atoms with Gasteiger partial charge in [-0.25, -0.2) is 4.99 Å². The molecule has 4 heteroatoms. The number of nitrogens with zero attached hydrogens (tertiary/aromatic N) is 2. The number of hydrogen-bond donors (Lipinski definition) is 1. The summed E-state index contributed by atoms with van der Waals surface area (Å²) in [5.74, 6) is 0.539. The molecule has 0 aliphatic heterocycles. The molecule has 0 bridgehead atoms. The van der Waals surface area contributed by atoms with Crippen molar-refractivity contribution in [2.45, 2.75) is 32.9 Å². The molecule has 0 unspecified atom stereocenters. The number of hydrogen-bond acceptors (Lipinski definition) is 1. The first-order valence-corrected chi connectivity index (χ1v) is 5.96. The second-order valence-electron chi connectivity index (χ2n) is 5.13. The molecule has 2 N–H and O–H groups in total. The molecule has 0 saturated heterocycles. The maximum atomic E-state index is 5.93. The predicted molar refractivity (Wildman–Crippen MR) is 74.3 cm³/mol. The van der Waals surface area contributed by atoms with Gasteiger partial charge in [-0.1, -0.05) is 23.7 Å². The Bertz CT molecular complexity index is 407. The first-order chi connectivity index (χ1) is 7.78. The molecular weight excluding hydrogens is 234 g/mol. The topological polar surface area (TPSA) is 41.6 Å². The van der Waals surface area contributed by atoms with Crippen LogP contribution in [0.3, 0.4) is 0 Å². The molecule has 0 aromatic heterocycles. The Morgan fingerprint density at radius 1 is 1.41 bits per heavy atom. The minimum atomic E-state index is -0.160. The van der Waals surface area contributed by atoms with E-state index in [2.05, 4.69) is 4.99 Å². The van der Waals surface area contributed by atoms with Crippen molar-refractivity contribution in [1.29, 1.82) is 0 Å². The van der Waals surface area contributed by atoms with E-state index >= 15 is 0 Å². The van der Waals surface area contributed by atoms with Crippen LogP contribution < -0.4 is 5.73 Å². The van der Waals surface area contributed by atoms with Gasteiger partial charge in [-0.05, 0) is 38.5 Å². The van der Waals surface area contributed by atoms with Gasteiger partial charge in [-0.3, -0.25) is 0 Å². The molecule has 1 aromatic rings. The number of benzene rings is 1. The van der Waals surface area contributed by atoms with Crippen LogP contribution in [-0.2, 0) is 6.54 Å². The molecule has 94 valence electrons. The highest BCUT2D eigenvalue weighted by Crippen LogP contribution is 2.13. The lowest BCUT2D eigenvalue weighted by molar-refractivity contribution is 0.474. The first-order valence-electron chi connectivity index (χ1n) is 5.59. The Hall–Kier alpha value is -1.22. The third kappa shape index (κ3) is 5.09. The second kappa shape index (κ2) is 5.41. The van der Waals surface area contributed by atoms with Gasteiger partial charge in [-0.15, -0.1) is 0 Å². The SMILES string of the molecule is CN(Cc1cccc(Cl)c1)C(N)=NC(C)(C)C. The van der Waals surface area contributed by atoms with Crippen LogP contribution >= 0.6 is 11.6 Å². The molecule has 0 heterocycles. The normalized spacial score (nSPS) is 12.6. The van der Waals surface area contributed by atoms with Gasteiger partial charge < -0.3 is 10.6 Å². The van der Waals surface area contributed by atoms with E-state index in [1.165, 1.54) is 0 Å². The summed E-state index contributed by atoms with van der Waals surface area (Å²) in [5, 5.41) is 0.738. The summed E-state index contributed by atoms with van der Waals surface area (Å²) in [6, 6.07) is 7.75. The lowest BCUT2D eigenvalue weighted by Gasteiger charge is -2.22. The number of guanidine groups is 1. The molecule has 1 rings (SSSR count). The van der Waals surface area contributed by atoms with Gasteiger partial charge in [0.15, 0.2) is 5.96 Å². The monoisotopic (exact) mass is 253 g/mol. The van der Waals surface area contributed by atoms with Crippen LogP contribution in [0, 0.1) is 0 Å². The number of nitrogens with two attached hydrogens (primary N) is 1. The second-order valence-corrected chi connectivity index (χ2v) is 5.56. The van der Waals surface area contributed by atoms with E-state index in [1.807, 2.05) is 57.0 Å². The van der Waals surface area contributed by atoms with E-state index in [-0.39, 0.29) is 5.54 Å². The fourth-order valence-electron chi connectivity index (χ4n) is 1.42. The lowest BCUT2D eigenvalue weighted by atomic mass is 10.1. The molecule has 0 aliphatic carbocycles. The minimum absolute atomic E-state index is 0.160. The van der Waals surface area contributed by atoms with Gasteiger partial charge in [0.2, 0.25) is 0 Å². The van der Waals surface area contributed by atoms with Crippen LogP contribution in [0.5, 0.6) is 0 Å². The van der Waals surface area contributed by atoms with Crippen molar-refractivity contribution in [3.05, 3.63) is 34.9 Å². The summed E-state index contributed by atoms with van der Waals surface area (Å²) in [5.41, 5.74) is 6.89. The fraction of sp³-hybridized carbons (Fsp3) is 0.462. The van der Waals surface area contributed by atoms with E-state index in [1.54, 1.807) is 0 Å². The van der Waals surface area contributed by atoms with Gasteiger partial charge in [0, 0.05) is 18.6 Å². The number of rotatable bonds is 2. The molecule has 1 aromatic carbocycles. The maximum absolute atomic E-state index is 5.93. The average Bonchev–Trinajstić information content (AvgIpc) is 2.14. The van der Waals surface area contributed by atoms with Gasteiger partial charge in [0.05, 0.1) is 5.54 Å². The summed E-state index contributed by atoms with van der Waals surface area (Å²) < 4.78 is 0. The van der Waals surface area contributed by atoms with Crippen molar-refractivity contribution in [1.82, 2.24) is 4.90 Å². The molecule has 0 amide bonds. The zero-order chi connectivity index (χ0) is 13.1. The van der Waals surface area contributed by atoms with Crippen LogP contribution in [0.2, 0.25) is 5.02 Å². The third-order valence-corrected chi connectivity index (χ3v) is 2.38. The van der Waals surface area contributed by atoms with E-state index in [4.69, 9.17) is 17.3 Å². The van der Waals surface area contributed by atoms with Crippen molar-refractivity contribution in [3.63, 3.8) is 0 Å². The van der Waals surface area contributed by atoms with Crippen molar-refractivity contribution in [2.75, 3.05) is 7.05 Å². The highest BCUT2D eigenvalue weighted by molar-refractivity contribution is 6.30.